The highest BCUT2D eigenvalue weighted by Gasteiger charge is 2.11. The number of terminal acetylenes is 1. The molecule has 0 spiro atoms. The van der Waals surface area contributed by atoms with Crippen LogP contribution in [0.15, 0.2) is 12.1 Å². The van der Waals surface area contributed by atoms with E-state index < -0.39 is 0 Å². The topological polar surface area (TPSA) is 30.5 Å². The van der Waals surface area contributed by atoms with Crippen molar-refractivity contribution in [2.75, 3.05) is 13.7 Å². The van der Waals surface area contributed by atoms with Crippen LogP contribution in [0, 0.1) is 12.3 Å². The van der Waals surface area contributed by atoms with E-state index in [4.69, 9.17) is 27.5 Å². The average Bonchev–Trinajstić information content (AvgIpc) is 2.34. The van der Waals surface area contributed by atoms with E-state index in [2.05, 4.69) is 25.1 Å². The van der Waals surface area contributed by atoms with E-state index in [1.54, 1.807) is 7.11 Å². The van der Waals surface area contributed by atoms with Crippen LogP contribution in [0.25, 0.3) is 0 Å². The molecule has 0 aliphatic heterocycles. The van der Waals surface area contributed by atoms with Gasteiger partial charge in [-0.1, -0.05) is 31.4 Å². The number of hydrogen-bond acceptors (Lipinski definition) is 3. The maximum atomic E-state index is 6.16. The molecule has 1 N–H and O–H groups in total. The SMILES string of the molecule is C#CCOc1c(Cl)cc(CNC(C)C)cc1OC.Cl. The van der Waals surface area contributed by atoms with Gasteiger partial charge in [0.1, 0.15) is 6.61 Å². The Bertz CT molecular complexity index is 442. The molecule has 0 heterocycles. The molecule has 0 aliphatic carbocycles. The van der Waals surface area contributed by atoms with Crippen LogP contribution in [0.1, 0.15) is 19.4 Å². The van der Waals surface area contributed by atoms with E-state index in [1.807, 2.05) is 12.1 Å². The first-order valence-electron chi connectivity index (χ1n) is 5.74. The summed E-state index contributed by atoms with van der Waals surface area (Å²) in [6.45, 7) is 5.06. The molecule has 0 atom stereocenters. The van der Waals surface area contributed by atoms with Gasteiger partial charge in [0.15, 0.2) is 11.5 Å². The molecule has 5 heteroatoms. The Morgan fingerprint density at radius 1 is 1.42 bits per heavy atom. The van der Waals surface area contributed by atoms with Crippen LogP contribution < -0.4 is 14.8 Å². The average molecular weight is 304 g/mol. The van der Waals surface area contributed by atoms with Gasteiger partial charge < -0.3 is 14.8 Å². The fourth-order valence-electron chi connectivity index (χ4n) is 1.45. The lowest BCUT2D eigenvalue weighted by atomic mass is 10.2. The molecule has 0 bridgehead atoms. The summed E-state index contributed by atoms with van der Waals surface area (Å²) in [5.74, 6) is 3.49. The van der Waals surface area contributed by atoms with E-state index in [1.165, 1.54) is 0 Å². The second-order valence-electron chi connectivity index (χ2n) is 4.14. The number of benzene rings is 1. The summed E-state index contributed by atoms with van der Waals surface area (Å²) in [4.78, 5) is 0. The van der Waals surface area contributed by atoms with Crippen LogP contribution in [0.5, 0.6) is 11.5 Å². The normalized spacial score (nSPS) is 9.68. The van der Waals surface area contributed by atoms with E-state index in [0.717, 1.165) is 12.1 Å². The van der Waals surface area contributed by atoms with Crippen molar-refractivity contribution in [2.45, 2.75) is 26.4 Å². The third-order valence-corrected chi connectivity index (χ3v) is 2.58. The molecule has 0 radical (unpaired) electrons. The highest BCUT2D eigenvalue weighted by atomic mass is 35.5. The third-order valence-electron chi connectivity index (χ3n) is 2.30. The number of ether oxygens (including phenoxy) is 2. The number of rotatable bonds is 6. The summed E-state index contributed by atoms with van der Waals surface area (Å²) in [5.41, 5.74) is 1.04. The summed E-state index contributed by atoms with van der Waals surface area (Å²) in [7, 11) is 1.58. The van der Waals surface area contributed by atoms with Crippen molar-refractivity contribution in [3.63, 3.8) is 0 Å². The second kappa shape index (κ2) is 8.92. The van der Waals surface area contributed by atoms with Gasteiger partial charge in [-0.3, -0.25) is 0 Å². The lowest BCUT2D eigenvalue weighted by Crippen LogP contribution is -2.21. The van der Waals surface area contributed by atoms with Gasteiger partial charge in [0.05, 0.1) is 12.1 Å². The van der Waals surface area contributed by atoms with Crippen LogP contribution in [-0.4, -0.2) is 19.8 Å². The Morgan fingerprint density at radius 2 is 2.11 bits per heavy atom. The molecule has 0 saturated heterocycles. The van der Waals surface area contributed by atoms with E-state index in [-0.39, 0.29) is 19.0 Å². The molecule has 19 heavy (non-hydrogen) atoms. The summed E-state index contributed by atoms with van der Waals surface area (Å²) in [5, 5.41) is 3.82. The first kappa shape index (κ1) is 17.9. The molecule has 0 aromatic heterocycles. The molecule has 0 saturated carbocycles. The molecule has 106 valence electrons. The van der Waals surface area contributed by atoms with Crippen molar-refractivity contribution in [3.8, 4) is 23.8 Å². The Kier molecular flexibility index (Phi) is 8.42. The van der Waals surface area contributed by atoms with Gasteiger partial charge in [-0.05, 0) is 17.7 Å². The monoisotopic (exact) mass is 303 g/mol. The van der Waals surface area contributed by atoms with Gasteiger partial charge in [0, 0.05) is 12.6 Å². The van der Waals surface area contributed by atoms with Crippen molar-refractivity contribution in [1.82, 2.24) is 5.32 Å². The van der Waals surface area contributed by atoms with Crippen LogP contribution >= 0.6 is 24.0 Å². The predicted octanol–water partition coefficient (Wildman–Crippen LogP) is 3.28. The molecule has 0 aliphatic rings. The number of nitrogens with one attached hydrogen (secondary N) is 1. The minimum atomic E-state index is 0. The maximum Gasteiger partial charge on any atom is 0.181 e. The molecule has 0 unspecified atom stereocenters. The number of methoxy groups -OCH3 is 1. The highest BCUT2D eigenvalue weighted by molar-refractivity contribution is 6.32. The van der Waals surface area contributed by atoms with Gasteiger partial charge in [-0.2, -0.15) is 0 Å². The fourth-order valence-corrected chi connectivity index (χ4v) is 1.74. The Hall–Kier alpha value is -1.08. The van der Waals surface area contributed by atoms with Crippen LogP contribution in [0.4, 0.5) is 0 Å². The minimum Gasteiger partial charge on any atom is -0.493 e. The summed E-state index contributed by atoms with van der Waals surface area (Å²) in [6, 6.07) is 4.16. The van der Waals surface area contributed by atoms with E-state index in [9.17, 15) is 0 Å². The number of hydrogen-bond donors (Lipinski definition) is 1. The van der Waals surface area contributed by atoms with Gasteiger partial charge >= 0.3 is 0 Å². The van der Waals surface area contributed by atoms with Gasteiger partial charge in [-0.15, -0.1) is 18.8 Å². The highest BCUT2D eigenvalue weighted by Crippen LogP contribution is 2.36. The first-order chi connectivity index (χ1) is 8.58. The molecule has 1 aromatic carbocycles. The summed E-state index contributed by atoms with van der Waals surface area (Å²) in [6.07, 6.45) is 5.16. The predicted molar refractivity (Wildman–Crippen MR) is 81.6 cm³/mol. The van der Waals surface area contributed by atoms with E-state index in [0.29, 0.717) is 22.6 Å². The Labute approximate surface area is 126 Å². The minimum absolute atomic E-state index is 0. The third kappa shape index (κ3) is 5.61. The van der Waals surface area contributed by atoms with Crippen molar-refractivity contribution >= 4 is 24.0 Å². The van der Waals surface area contributed by atoms with Crippen LogP contribution in [0.3, 0.4) is 0 Å². The molecular weight excluding hydrogens is 285 g/mol. The second-order valence-corrected chi connectivity index (χ2v) is 4.54. The Balaban J connectivity index is 0.00000324. The lowest BCUT2D eigenvalue weighted by Gasteiger charge is -2.14. The lowest BCUT2D eigenvalue weighted by molar-refractivity contribution is 0.330. The molecular formula is C14H19Cl2NO2. The standard InChI is InChI=1S/C14H18ClNO2.ClH/c1-5-6-18-14-12(15)7-11(8-13(14)17-4)9-16-10(2)3;/h1,7-8,10,16H,6,9H2,2-4H3;1H. The van der Waals surface area contributed by atoms with Crippen molar-refractivity contribution in [2.24, 2.45) is 0 Å². The zero-order valence-corrected chi connectivity index (χ0v) is 12.9. The van der Waals surface area contributed by atoms with Gasteiger partial charge in [0.25, 0.3) is 0 Å². The fraction of sp³-hybridized carbons (Fsp3) is 0.429. The zero-order chi connectivity index (χ0) is 13.5. The van der Waals surface area contributed by atoms with Crippen molar-refractivity contribution in [3.05, 3.63) is 22.7 Å². The van der Waals surface area contributed by atoms with E-state index >= 15 is 0 Å². The van der Waals surface area contributed by atoms with Gasteiger partial charge in [-0.25, -0.2) is 0 Å². The van der Waals surface area contributed by atoms with Crippen LogP contribution in [0.2, 0.25) is 5.02 Å². The zero-order valence-electron chi connectivity index (χ0n) is 11.3. The molecule has 0 fully saturated rings. The van der Waals surface area contributed by atoms with Crippen molar-refractivity contribution in [1.29, 1.82) is 0 Å². The maximum absolute atomic E-state index is 6.16. The molecule has 0 amide bonds. The summed E-state index contributed by atoms with van der Waals surface area (Å²) >= 11 is 6.16. The number of halogens is 2. The summed E-state index contributed by atoms with van der Waals surface area (Å²) < 4.78 is 10.6. The smallest absolute Gasteiger partial charge is 0.181 e. The van der Waals surface area contributed by atoms with Crippen molar-refractivity contribution < 1.29 is 9.47 Å². The molecule has 1 aromatic rings. The Morgan fingerprint density at radius 3 is 2.63 bits per heavy atom. The van der Waals surface area contributed by atoms with Gasteiger partial charge in [0.2, 0.25) is 0 Å². The quantitative estimate of drug-likeness (QED) is 0.818. The molecule has 3 nitrogen and oxygen atoms in total. The largest absolute Gasteiger partial charge is 0.493 e. The molecule has 1 rings (SSSR count). The van der Waals surface area contributed by atoms with Crippen LogP contribution in [-0.2, 0) is 6.54 Å². The first-order valence-corrected chi connectivity index (χ1v) is 6.12.